The Morgan fingerprint density at radius 1 is 1.00 bits per heavy atom. The predicted octanol–water partition coefficient (Wildman–Crippen LogP) is 4.39. The molecule has 0 heterocycles. The van der Waals surface area contributed by atoms with E-state index >= 15 is 0 Å². The molecule has 0 bridgehead atoms. The van der Waals surface area contributed by atoms with Crippen LogP contribution in [0, 0.1) is 13.8 Å². The molecule has 1 aromatic carbocycles. The Balaban J connectivity index is 2.34. The van der Waals surface area contributed by atoms with Crippen LogP contribution in [0.15, 0.2) is 12.1 Å². The maximum Gasteiger partial charge on any atom is 0.118 e. The highest BCUT2D eigenvalue weighted by Gasteiger charge is 2.02. The number of phenolic OH excluding ortho intramolecular Hbond substituents is 1. The van der Waals surface area contributed by atoms with Crippen LogP contribution in [-0.2, 0) is 0 Å². The number of hydrogen-bond donors (Lipinski definition) is 2. The molecule has 0 aromatic heterocycles. The van der Waals surface area contributed by atoms with Gasteiger partial charge in [-0.25, -0.2) is 0 Å². The van der Waals surface area contributed by atoms with Gasteiger partial charge in [0.15, 0.2) is 0 Å². The fourth-order valence-corrected chi connectivity index (χ4v) is 1.94. The largest absolute Gasteiger partial charge is 0.508 e. The number of nitrogens with one attached hydrogen (secondary N) is 1. The molecule has 0 aliphatic carbocycles. The van der Waals surface area contributed by atoms with Crippen molar-refractivity contribution in [1.29, 1.82) is 0 Å². The van der Waals surface area contributed by atoms with Crippen LogP contribution in [0.5, 0.6) is 5.75 Å². The Morgan fingerprint density at radius 2 is 1.71 bits per heavy atom. The van der Waals surface area contributed by atoms with Crippen LogP contribution >= 0.6 is 0 Å². The van der Waals surface area contributed by atoms with E-state index in [1.807, 2.05) is 26.0 Å². The lowest BCUT2D eigenvalue weighted by atomic mass is 10.1. The van der Waals surface area contributed by atoms with Crippen LogP contribution in [0.4, 0.5) is 5.69 Å². The average Bonchev–Trinajstić information content (AvgIpc) is 2.30. The minimum absolute atomic E-state index is 0.385. The minimum atomic E-state index is 0.385. The van der Waals surface area contributed by atoms with Crippen molar-refractivity contribution in [2.75, 3.05) is 11.9 Å². The molecular formula is C15H25NO. The van der Waals surface area contributed by atoms with Crippen molar-refractivity contribution in [1.82, 2.24) is 0 Å². The summed E-state index contributed by atoms with van der Waals surface area (Å²) in [6.07, 6.45) is 6.50. The lowest BCUT2D eigenvalue weighted by Crippen LogP contribution is -2.03. The van der Waals surface area contributed by atoms with Gasteiger partial charge in [0, 0.05) is 12.2 Å². The minimum Gasteiger partial charge on any atom is -0.508 e. The lowest BCUT2D eigenvalue weighted by Gasteiger charge is -2.11. The number of anilines is 1. The molecule has 0 amide bonds. The second-order valence-electron chi connectivity index (χ2n) is 4.79. The predicted molar refractivity (Wildman–Crippen MR) is 74.8 cm³/mol. The number of aryl methyl sites for hydroxylation is 2. The normalized spacial score (nSPS) is 10.5. The van der Waals surface area contributed by atoms with Crippen molar-refractivity contribution < 1.29 is 5.11 Å². The van der Waals surface area contributed by atoms with Gasteiger partial charge in [0.2, 0.25) is 0 Å². The van der Waals surface area contributed by atoms with E-state index < -0.39 is 0 Å². The molecule has 96 valence electrons. The van der Waals surface area contributed by atoms with Gasteiger partial charge in [-0.1, -0.05) is 32.6 Å². The summed E-state index contributed by atoms with van der Waals surface area (Å²) in [5, 5.41) is 13.0. The highest BCUT2D eigenvalue weighted by Crippen LogP contribution is 2.24. The Bertz CT molecular complexity index is 347. The summed E-state index contributed by atoms with van der Waals surface area (Å²) in [5.41, 5.74) is 3.20. The summed E-state index contributed by atoms with van der Waals surface area (Å²) in [4.78, 5) is 0. The first-order valence-corrected chi connectivity index (χ1v) is 6.69. The van der Waals surface area contributed by atoms with Gasteiger partial charge in [-0.2, -0.15) is 0 Å². The quantitative estimate of drug-likeness (QED) is 0.542. The van der Waals surface area contributed by atoms with Crippen LogP contribution in [0.2, 0.25) is 0 Å². The molecule has 1 aromatic rings. The van der Waals surface area contributed by atoms with Gasteiger partial charge in [0.1, 0.15) is 5.75 Å². The van der Waals surface area contributed by atoms with E-state index in [1.54, 1.807) is 0 Å². The number of benzene rings is 1. The van der Waals surface area contributed by atoms with Gasteiger partial charge in [0.05, 0.1) is 0 Å². The van der Waals surface area contributed by atoms with Gasteiger partial charge in [-0.05, 0) is 43.5 Å². The zero-order chi connectivity index (χ0) is 12.7. The van der Waals surface area contributed by atoms with Crippen molar-refractivity contribution in [3.05, 3.63) is 23.3 Å². The van der Waals surface area contributed by atoms with Crippen LogP contribution < -0.4 is 5.32 Å². The van der Waals surface area contributed by atoms with E-state index in [0.717, 1.165) is 23.4 Å². The summed E-state index contributed by atoms with van der Waals surface area (Å²) >= 11 is 0. The number of unbranched alkanes of at least 4 members (excludes halogenated alkanes) is 4. The summed E-state index contributed by atoms with van der Waals surface area (Å²) in [6, 6.07) is 3.85. The average molecular weight is 235 g/mol. The number of phenols is 1. The second-order valence-corrected chi connectivity index (χ2v) is 4.79. The molecule has 0 saturated carbocycles. The van der Waals surface area contributed by atoms with Crippen molar-refractivity contribution in [3.63, 3.8) is 0 Å². The molecule has 2 heteroatoms. The summed E-state index contributed by atoms with van der Waals surface area (Å²) < 4.78 is 0. The van der Waals surface area contributed by atoms with Crippen LogP contribution in [0.3, 0.4) is 0 Å². The molecule has 0 fully saturated rings. The topological polar surface area (TPSA) is 32.3 Å². The van der Waals surface area contributed by atoms with Crippen LogP contribution in [0.25, 0.3) is 0 Å². The highest BCUT2D eigenvalue weighted by molar-refractivity contribution is 5.56. The highest BCUT2D eigenvalue weighted by atomic mass is 16.3. The first-order chi connectivity index (χ1) is 8.15. The summed E-state index contributed by atoms with van der Waals surface area (Å²) in [5.74, 6) is 0.385. The van der Waals surface area contributed by atoms with Crippen LogP contribution in [0.1, 0.15) is 50.2 Å². The third kappa shape index (κ3) is 4.68. The Labute approximate surface area is 105 Å². The Hall–Kier alpha value is -1.18. The molecule has 0 aliphatic heterocycles. The Kier molecular flexibility index (Phi) is 5.88. The Morgan fingerprint density at radius 3 is 2.41 bits per heavy atom. The summed E-state index contributed by atoms with van der Waals surface area (Å²) in [6.45, 7) is 7.22. The van der Waals surface area contributed by atoms with Gasteiger partial charge in [0.25, 0.3) is 0 Å². The van der Waals surface area contributed by atoms with Crippen molar-refractivity contribution >= 4 is 5.69 Å². The van der Waals surface area contributed by atoms with Gasteiger partial charge in [-0.3, -0.25) is 0 Å². The molecule has 0 radical (unpaired) electrons. The summed E-state index contributed by atoms with van der Waals surface area (Å²) in [7, 11) is 0. The first kappa shape index (κ1) is 13.9. The van der Waals surface area contributed by atoms with E-state index in [4.69, 9.17) is 0 Å². The van der Waals surface area contributed by atoms with Crippen molar-refractivity contribution in [3.8, 4) is 5.75 Å². The molecule has 2 N–H and O–H groups in total. The molecule has 0 spiro atoms. The van der Waals surface area contributed by atoms with Gasteiger partial charge >= 0.3 is 0 Å². The zero-order valence-corrected chi connectivity index (χ0v) is 11.3. The molecule has 0 atom stereocenters. The van der Waals surface area contributed by atoms with E-state index in [0.29, 0.717) is 5.75 Å². The SMILES string of the molecule is CCCCCCCNc1cc(C)c(O)cc1C. The van der Waals surface area contributed by atoms with Gasteiger partial charge < -0.3 is 10.4 Å². The standard InChI is InChI=1S/C15H25NO/c1-4-5-6-7-8-9-16-14-10-13(3)15(17)11-12(14)2/h10-11,16-17H,4-9H2,1-3H3. The van der Waals surface area contributed by atoms with E-state index in [1.165, 1.54) is 32.1 Å². The molecule has 0 saturated heterocycles. The monoisotopic (exact) mass is 235 g/mol. The zero-order valence-electron chi connectivity index (χ0n) is 11.3. The maximum absolute atomic E-state index is 9.57. The first-order valence-electron chi connectivity index (χ1n) is 6.69. The fourth-order valence-electron chi connectivity index (χ4n) is 1.94. The van der Waals surface area contributed by atoms with Crippen LogP contribution in [-0.4, -0.2) is 11.7 Å². The van der Waals surface area contributed by atoms with E-state index in [2.05, 4.69) is 12.2 Å². The van der Waals surface area contributed by atoms with Gasteiger partial charge in [-0.15, -0.1) is 0 Å². The number of hydrogen-bond acceptors (Lipinski definition) is 2. The van der Waals surface area contributed by atoms with E-state index in [-0.39, 0.29) is 0 Å². The molecule has 0 aliphatic rings. The third-order valence-corrected chi connectivity index (χ3v) is 3.14. The lowest BCUT2D eigenvalue weighted by molar-refractivity contribution is 0.471. The molecule has 2 nitrogen and oxygen atoms in total. The molecule has 0 unspecified atom stereocenters. The number of aromatic hydroxyl groups is 1. The maximum atomic E-state index is 9.57. The van der Waals surface area contributed by atoms with Crippen molar-refractivity contribution in [2.45, 2.75) is 52.9 Å². The fraction of sp³-hybridized carbons (Fsp3) is 0.600. The molecular weight excluding hydrogens is 210 g/mol. The van der Waals surface area contributed by atoms with Crippen molar-refractivity contribution in [2.24, 2.45) is 0 Å². The molecule has 17 heavy (non-hydrogen) atoms. The molecule has 1 rings (SSSR count). The third-order valence-electron chi connectivity index (χ3n) is 3.14. The second kappa shape index (κ2) is 7.21. The number of rotatable bonds is 7. The smallest absolute Gasteiger partial charge is 0.118 e. The van der Waals surface area contributed by atoms with E-state index in [9.17, 15) is 5.11 Å².